The van der Waals surface area contributed by atoms with Crippen molar-refractivity contribution in [3.63, 3.8) is 0 Å². The number of hydrogen-bond acceptors (Lipinski definition) is 6. The highest BCUT2D eigenvalue weighted by molar-refractivity contribution is 7.09. The van der Waals surface area contributed by atoms with Crippen molar-refractivity contribution >= 4 is 35.0 Å². The summed E-state index contributed by atoms with van der Waals surface area (Å²) in [6.07, 6.45) is 4.02. The largest absolute Gasteiger partial charge is 0.487 e. The van der Waals surface area contributed by atoms with Gasteiger partial charge >= 0.3 is 5.97 Å². The number of nitrogens with zero attached hydrogens (tertiary/aromatic N) is 2. The number of anilines is 1. The van der Waals surface area contributed by atoms with Gasteiger partial charge in [0.05, 0.1) is 23.4 Å². The SMILES string of the molecule is COC(=O)c1ccc2c(c1)CCN2C(=O)/C=C/c1ccccc1OCc1csc(C)n1. The molecule has 0 bridgehead atoms. The Labute approximate surface area is 184 Å². The minimum absolute atomic E-state index is 0.116. The Bertz CT molecular complexity index is 1150. The molecule has 0 radical (unpaired) electrons. The van der Waals surface area contributed by atoms with Gasteiger partial charge in [-0.3, -0.25) is 4.79 Å². The maximum atomic E-state index is 12.8. The van der Waals surface area contributed by atoms with Crippen LogP contribution in [0, 0.1) is 6.92 Å². The number of carbonyl (C=O) groups excluding carboxylic acids is 2. The zero-order valence-corrected chi connectivity index (χ0v) is 18.1. The molecule has 0 fully saturated rings. The number of aromatic nitrogens is 1. The molecular weight excluding hydrogens is 412 g/mol. The van der Waals surface area contributed by atoms with Gasteiger partial charge in [-0.05, 0) is 49.2 Å². The molecule has 31 heavy (non-hydrogen) atoms. The molecule has 158 valence electrons. The van der Waals surface area contributed by atoms with Crippen molar-refractivity contribution in [3.05, 3.63) is 81.3 Å². The van der Waals surface area contributed by atoms with Crippen molar-refractivity contribution in [1.29, 1.82) is 0 Å². The summed E-state index contributed by atoms with van der Waals surface area (Å²) >= 11 is 1.59. The van der Waals surface area contributed by atoms with Crippen molar-refractivity contribution in [2.45, 2.75) is 20.0 Å². The molecule has 1 amide bonds. The lowest BCUT2D eigenvalue weighted by atomic mass is 10.1. The maximum Gasteiger partial charge on any atom is 0.337 e. The van der Waals surface area contributed by atoms with E-state index in [-0.39, 0.29) is 11.9 Å². The Hall–Kier alpha value is -3.45. The minimum Gasteiger partial charge on any atom is -0.487 e. The quantitative estimate of drug-likeness (QED) is 0.424. The maximum absolute atomic E-state index is 12.8. The van der Waals surface area contributed by atoms with E-state index in [9.17, 15) is 9.59 Å². The molecule has 0 unspecified atom stereocenters. The molecule has 1 aliphatic rings. The summed E-state index contributed by atoms with van der Waals surface area (Å²) in [6.45, 7) is 2.92. The lowest BCUT2D eigenvalue weighted by Crippen LogP contribution is -2.26. The number of rotatable bonds is 6. The van der Waals surface area contributed by atoms with Crippen LogP contribution >= 0.6 is 11.3 Å². The molecule has 1 aromatic heterocycles. The van der Waals surface area contributed by atoms with Crippen molar-refractivity contribution in [3.8, 4) is 5.75 Å². The Morgan fingerprint density at radius 1 is 1.23 bits per heavy atom. The van der Waals surface area contributed by atoms with E-state index in [4.69, 9.17) is 9.47 Å². The molecule has 1 aliphatic heterocycles. The van der Waals surface area contributed by atoms with Crippen LogP contribution in [0.3, 0.4) is 0 Å². The van der Waals surface area contributed by atoms with Gasteiger partial charge in [0.1, 0.15) is 12.4 Å². The zero-order chi connectivity index (χ0) is 21.8. The van der Waals surface area contributed by atoms with Gasteiger partial charge in [-0.25, -0.2) is 9.78 Å². The van der Waals surface area contributed by atoms with Gasteiger partial charge in [-0.2, -0.15) is 0 Å². The van der Waals surface area contributed by atoms with Crippen LogP contribution in [-0.2, 0) is 22.6 Å². The van der Waals surface area contributed by atoms with E-state index < -0.39 is 0 Å². The summed E-state index contributed by atoms with van der Waals surface area (Å²) < 4.78 is 10.7. The van der Waals surface area contributed by atoms with E-state index in [0.717, 1.165) is 27.5 Å². The Morgan fingerprint density at radius 2 is 2.06 bits per heavy atom. The number of hydrogen-bond donors (Lipinski definition) is 0. The third-order valence-corrected chi connectivity index (χ3v) is 5.85. The number of methoxy groups -OCH3 is 1. The Kier molecular flexibility index (Phi) is 6.13. The number of para-hydroxylation sites is 1. The van der Waals surface area contributed by atoms with Gasteiger partial charge in [-0.1, -0.05) is 18.2 Å². The second kappa shape index (κ2) is 9.14. The van der Waals surface area contributed by atoms with E-state index in [1.165, 1.54) is 7.11 Å². The monoisotopic (exact) mass is 434 g/mol. The average Bonchev–Trinajstić information content (AvgIpc) is 3.41. The molecule has 2 heterocycles. The van der Waals surface area contributed by atoms with E-state index in [1.807, 2.05) is 36.6 Å². The fraction of sp³-hybridized carbons (Fsp3) is 0.208. The van der Waals surface area contributed by atoms with Crippen LogP contribution in [0.25, 0.3) is 6.08 Å². The number of aryl methyl sites for hydroxylation is 1. The van der Waals surface area contributed by atoms with Crippen LogP contribution in [0.4, 0.5) is 5.69 Å². The van der Waals surface area contributed by atoms with Crippen molar-refractivity contribution < 1.29 is 19.1 Å². The van der Waals surface area contributed by atoms with E-state index in [1.54, 1.807) is 46.6 Å². The number of benzene rings is 2. The number of carbonyl (C=O) groups is 2. The smallest absolute Gasteiger partial charge is 0.337 e. The number of thiazole rings is 1. The minimum atomic E-state index is -0.378. The average molecular weight is 435 g/mol. The molecule has 0 N–H and O–H groups in total. The van der Waals surface area contributed by atoms with Gasteiger partial charge < -0.3 is 14.4 Å². The molecule has 0 saturated heterocycles. The Balaban J connectivity index is 1.46. The second-order valence-electron chi connectivity index (χ2n) is 7.09. The third kappa shape index (κ3) is 4.67. The summed E-state index contributed by atoms with van der Waals surface area (Å²) in [5.41, 5.74) is 3.99. The normalized spacial score (nSPS) is 12.8. The predicted octanol–water partition coefficient (Wildman–Crippen LogP) is 4.42. The van der Waals surface area contributed by atoms with Crippen LogP contribution in [0.2, 0.25) is 0 Å². The molecule has 7 heteroatoms. The van der Waals surface area contributed by atoms with Crippen LogP contribution in [0.1, 0.15) is 32.2 Å². The topological polar surface area (TPSA) is 68.7 Å². The van der Waals surface area contributed by atoms with Gasteiger partial charge in [0, 0.05) is 29.3 Å². The van der Waals surface area contributed by atoms with E-state index in [2.05, 4.69) is 4.98 Å². The second-order valence-corrected chi connectivity index (χ2v) is 8.15. The number of esters is 1. The summed E-state index contributed by atoms with van der Waals surface area (Å²) in [4.78, 5) is 30.7. The highest BCUT2D eigenvalue weighted by Crippen LogP contribution is 2.30. The van der Waals surface area contributed by atoms with Crippen molar-refractivity contribution in [2.75, 3.05) is 18.6 Å². The van der Waals surface area contributed by atoms with Gasteiger partial charge in [0.25, 0.3) is 5.91 Å². The number of amides is 1. The fourth-order valence-electron chi connectivity index (χ4n) is 3.50. The molecule has 0 saturated carbocycles. The Morgan fingerprint density at radius 3 is 2.84 bits per heavy atom. The van der Waals surface area contributed by atoms with Crippen molar-refractivity contribution in [2.24, 2.45) is 0 Å². The fourth-order valence-corrected chi connectivity index (χ4v) is 4.10. The van der Waals surface area contributed by atoms with Crippen molar-refractivity contribution in [1.82, 2.24) is 4.98 Å². The summed E-state index contributed by atoms with van der Waals surface area (Å²) in [7, 11) is 1.36. The van der Waals surface area contributed by atoms with Gasteiger partial charge in [0.2, 0.25) is 0 Å². The molecule has 0 atom stereocenters. The molecule has 3 aromatic rings. The number of fused-ring (bicyclic) bond motifs is 1. The van der Waals surface area contributed by atoms with E-state index >= 15 is 0 Å². The first kappa shape index (κ1) is 20.8. The van der Waals surface area contributed by atoms with Crippen LogP contribution in [-0.4, -0.2) is 30.5 Å². The molecular formula is C24H22N2O4S. The third-order valence-electron chi connectivity index (χ3n) is 5.03. The first-order chi connectivity index (χ1) is 15.0. The highest BCUT2D eigenvalue weighted by atomic mass is 32.1. The summed E-state index contributed by atoms with van der Waals surface area (Å²) in [5, 5.41) is 2.98. The lowest BCUT2D eigenvalue weighted by molar-refractivity contribution is -0.114. The molecule has 0 aliphatic carbocycles. The van der Waals surface area contributed by atoms with Gasteiger partial charge in [0.15, 0.2) is 0 Å². The summed E-state index contributed by atoms with van der Waals surface area (Å²) in [5.74, 6) is 0.202. The molecule has 2 aromatic carbocycles. The number of ether oxygens (including phenoxy) is 2. The standard InChI is InChI=1S/C24H22N2O4S/c1-16-25-20(15-31-16)14-30-22-6-4-3-5-17(22)8-10-23(27)26-12-11-18-13-19(24(28)29-2)7-9-21(18)26/h3-10,13,15H,11-12,14H2,1-2H3/b10-8+. The first-order valence-corrected chi connectivity index (χ1v) is 10.8. The van der Waals surface area contributed by atoms with E-state index in [0.29, 0.717) is 30.9 Å². The molecule has 0 spiro atoms. The van der Waals surface area contributed by atoms with Crippen LogP contribution in [0.15, 0.2) is 53.9 Å². The van der Waals surface area contributed by atoms with Gasteiger partial charge in [-0.15, -0.1) is 11.3 Å². The summed E-state index contributed by atoms with van der Waals surface area (Å²) in [6, 6.07) is 12.9. The zero-order valence-electron chi connectivity index (χ0n) is 17.3. The van der Waals surface area contributed by atoms with Crippen LogP contribution in [0.5, 0.6) is 5.75 Å². The first-order valence-electron chi connectivity index (χ1n) is 9.89. The lowest BCUT2D eigenvalue weighted by Gasteiger charge is -2.15. The van der Waals surface area contributed by atoms with Crippen LogP contribution < -0.4 is 9.64 Å². The predicted molar refractivity (Wildman–Crippen MR) is 120 cm³/mol. The highest BCUT2D eigenvalue weighted by Gasteiger charge is 2.24. The molecule has 4 rings (SSSR count). The molecule has 6 nitrogen and oxygen atoms in total.